The number of nitrogens with two attached hydrogens (primary N) is 1. The minimum Gasteiger partial charge on any atom is -0.511 e. The molecule has 2 fully saturated rings. The normalized spacial score (nSPS) is 26.5. The molecule has 5 heterocycles. The summed E-state index contributed by atoms with van der Waals surface area (Å²) in [5.74, 6) is 0.635. The molecule has 4 atom stereocenters. The molecule has 14 heteroatoms. The van der Waals surface area contributed by atoms with Crippen molar-refractivity contribution in [3.63, 3.8) is 0 Å². The van der Waals surface area contributed by atoms with E-state index in [-0.39, 0.29) is 52.9 Å². The van der Waals surface area contributed by atoms with E-state index in [4.69, 9.17) is 25.6 Å². The van der Waals surface area contributed by atoms with E-state index < -0.39 is 5.41 Å². The Bertz CT molecular complexity index is 1890. The Kier molecular flexibility index (Phi) is 9.71. The highest BCUT2D eigenvalue weighted by molar-refractivity contribution is 7.16. The summed E-state index contributed by atoms with van der Waals surface area (Å²) in [6.45, 7) is 4.81. The molecule has 1 spiro atoms. The number of anilines is 2. The Morgan fingerprint density at radius 1 is 1.31 bits per heavy atom. The number of aryl methyl sites for hydroxylation is 1. The first-order valence-corrected chi connectivity index (χ1v) is 18.6. The first kappa shape index (κ1) is 34.9. The van der Waals surface area contributed by atoms with Gasteiger partial charge >= 0.3 is 0 Å². The number of nitriles is 1. The molecular weight excluding hydrogens is 667 g/mol. The maximum Gasteiger partial charge on any atom is 0.276 e. The van der Waals surface area contributed by atoms with Gasteiger partial charge in [-0.3, -0.25) is 20.5 Å². The number of carbonyl (C=O) groups is 1. The van der Waals surface area contributed by atoms with Crippen LogP contribution in [0.5, 0.6) is 5.88 Å². The third-order valence-electron chi connectivity index (χ3n) is 11.1. The minimum atomic E-state index is -0.785. The molecule has 1 amide bonds. The summed E-state index contributed by atoms with van der Waals surface area (Å²) in [6.07, 6.45) is 11.9. The highest BCUT2D eigenvalue weighted by atomic mass is 32.1. The van der Waals surface area contributed by atoms with Gasteiger partial charge in [0.1, 0.15) is 40.2 Å². The van der Waals surface area contributed by atoms with Gasteiger partial charge in [-0.25, -0.2) is 4.98 Å². The molecule has 0 unspecified atom stereocenters. The summed E-state index contributed by atoms with van der Waals surface area (Å²) in [4.78, 5) is 27.3. The number of nitrogen functional groups attached to an aromatic ring is 1. The van der Waals surface area contributed by atoms with E-state index >= 15 is 0 Å². The van der Waals surface area contributed by atoms with E-state index in [1.54, 1.807) is 29.4 Å². The quantitative estimate of drug-likeness (QED) is 0.216. The van der Waals surface area contributed by atoms with Crippen LogP contribution in [0.1, 0.15) is 80.1 Å². The number of likely N-dealkylation sites (tertiary alicyclic amines) is 1. The van der Waals surface area contributed by atoms with Crippen molar-refractivity contribution in [2.75, 3.05) is 44.4 Å². The number of fused-ring (bicyclic) bond motifs is 2. The first-order chi connectivity index (χ1) is 24.6. The van der Waals surface area contributed by atoms with Crippen molar-refractivity contribution in [3.05, 3.63) is 63.3 Å². The zero-order valence-corrected chi connectivity index (χ0v) is 29.9. The number of likely N-dealkylation sites (N-methyl/N-ethyl adjacent to an activating group) is 1. The predicted octanol–water partition coefficient (Wildman–Crippen LogP) is 5.20. The lowest BCUT2D eigenvalue weighted by atomic mass is 9.63. The Morgan fingerprint density at radius 2 is 2.12 bits per heavy atom. The van der Waals surface area contributed by atoms with Crippen LogP contribution in [0.15, 0.2) is 41.4 Å². The van der Waals surface area contributed by atoms with Gasteiger partial charge in [-0.2, -0.15) is 10.2 Å². The summed E-state index contributed by atoms with van der Waals surface area (Å²) in [7, 11) is 2.08. The minimum absolute atomic E-state index is 0.0146. The second-order valence-electron chi connectivity index (χ2n) is 14.3. The second-order valence-corrected chi connectivity index (χ2v) is 15.4. The molecule has 13 nitrogen and oxygen atoms in total. The second kappa shape index (κ2) is 14.2. The molecule has 0 aromatic carbocycles. The zero-order chi connectivity index (χ0) is 35.9. The predicted molar refractivity (Wildman–Crippen MR) is 195 cm³/mol. The smallest absolute Gasteiger partial charge is 0.276 e. The van der Waals surface area contributed by atoms with E-state index in [0.717, 1.165) is 49.1 Å². The van der Waals surface area contributed by atoms with E-state index in [1.807, 2.05) is 6.92 Å². The molecule has 2 saturated heterocycles. The Labute approximate surface area is 301 Å². The highest BCUT2D eigenvalue weighted by Gasteiger charge is 2.47. The SMILES string of the molecule is C[C@H](Oc1cc(N/C=C2/C=CN(C[C@H]3CCOC3)C(=O)C2=N)nc(C(=N)C2=C(O)[C@@]3(CCC2)CCCc2sc(N)c(C#N)c23)n1)[C@@H]1CCCN1C. The number of hydrogen-bond acceptors (Lipinski definition) is 13. The van der Waals surface area contributed by atoms with Crippen LogP contribution in [-0.4, -0.2) is 87.7 Å². The van der Waals surface area contributed by atoms with Crippen molar-refractivity contribution in [2.24, 2.45) is 5.92 Å². The Hall–Kier alpha value is -4.58. The summed E-state index contributed by atoms with van der Waals surface area (Å²) in [5, 5.41) is 43.6. The fraction of sp³-hybridized carbons (Fsp3) is 0.514. The van der Waals surface area contributed by atoms with Crippen LogP contribution in [0, 0.1) is 28.1 Å². The van der Waals surface area contributed by atoms with Crippen LogP contribution in [0.3, 0.4) is 0 Å². The van der Waals surface area contributed by atoms with Gasteiger partial charge in [-0.05, 0) is 89.9 Å². The molecule has 268 valence electrons. The summed E-state index contributed by atoms with van der Waals surface area (Å²) in [5.41, 5.74) is 7.43. The average molecular weight is 712 g/mol. The Morgan fingerprint density at radius 3 is 2.84 bits per heavy atom. The summed E-state index contributed by atoms with van der Waals surface area (Å²) < 4.78 is 11.9. The van der Waals surface area contributed by atoms with E-state index in [2.05, 4.69) is 28.3 Å². The van der Waals surface area contributed by atoms with Crippen LogP contribution in [0.25, 0.3) is 0 Å². The molecule has 7 rings (SSSR count). The van der Waals surface area contributed by atoms with Gasteiger partial charge in [-0.1, -0.05) is 0 Å². The molecule has 51 heavy (non-hydrogen) atoms. The van der Waals surface area contributed by atoms with Gasteiger partial charge < -0.3 is 30.5 Å². The first-order valence-electron chi connectivity index (χ1n) is 17.8. The van der Waals surface area contributed by atoms with Gasteiger partial charge in [0.05, 0.1) is 17.6 Å². The van der Waals surface area contributed by atoms with Crippen molar-refractivity contribution in [3.8, 4) is 11.9 Å². The fourth-order valence-electron chi connectivity index (χ4n) is 8.40. The number of aliphatic hydroxyl groups excluding tert-OH is 1. The number of nitrogens with one attached hydrogen (secondary N) is 3. The lowest BCUT2D eigenvalue weighted by Crippen LogP contribution is -2.39. The lowest BCUT2D eigenvalue weighted by Gasteiger charge is -2.41. The fourth-order valence-corrected chi connectivity index (χ4v) is 9.56. The highest BCUT2D eigenvalue weighted by Crippen LogP contribution is 2.54. The van der Waals surface area contributed by atoms with Crippen molar-refractivity contribution in [1.82, 2.24) is 19.8 Å². The van der Waals surface area contributed by atoms with Crippen LogP contribution in [0.2, 0.25) is 0 Å². The number of allylic oxidation sites excluding steroid dienone is 3. The molecule has 2 aromatic rings. The van der Waals surface area contributed by atoms with Crippen LogP contribution < -0.4 is 15.8 Å². The lowest BCUT2D eigenvalue weighted by molar-refractivity contribution is -0.122. The molecule has 2 aromatic heterocycles. The van der Waals surface area contributed by atoms with Crippen LogP contribution in [0.4, 0.5) is 10.8 Å². The van der Waals surface area contributed by atoms with Gasteiger partial charge in [-0.15, -0.1) is 11.3 Å². The molecule has 0 bridgehead atoms. The average Bonchev–Trinajstić information content (AvgIpc) is 3.87. The standard InChI is InChI=1S/C37H45N9O4S/c1-21(26-7-5-13-45(26)2)50-29-16-28(42-18-23-9-14-46(36(48)31(23)39)19-22-10-15-49-20-22)43-35(44-29)32(40)24-6-3-11-37(33(24)47)12-4-8-27-30(37)25(17-38)34(41)51-27/h9,14,16,18,21-22,26,39-40,47H,3-8,10-13,15,19-20,41H2,1-2H3,(H,42,43,44)/b23-18-,39-31?,40-32?/t21-,22+,26-,37-/m0/s1. The molecule has 0 radical (unpaired) electrons. The number of aromatic nitrogens is 2. The number of aliphatic hydroxyl groups is 1. The van der Waals surface area contributed by atoms with E-state index in [1.165, 1.54) is 11.3 Å². The molecule has 5 aliphatic rings. The molecule has 2 aliphatic carbocycles. The van der Waals surface area contributed by atoms with Crippen molar-refractivity contribution in [2.45, 2.75) is 82.3 Å². The number of thiophene rings is 1. The van der Waals surface area contributed by atoms with Crippen molar-refractivity contribution >= 4 is 39.5 Å². The van der Waals surface area contributed by atoms with E-state index in [9.17, 15) is 20.6 Å². The topological polar surface area (TPSA) is 198 Å². The maximum absolute atomic E-state index is 13.1. The molecule has 3 aliphatic heterocycles. The number of nitrogens with zero attached hydrogens (tertiary/aromatic N) is 5. The number of ether oxygens (including phenoxy) is 2. The largest absolute Gasteiger partial charge is 0.511 e. The molecule has 0 saturated carbocycles. The van der Waals surface area contributed by atoms with E-state index in [0.29, 0.717) is 73.0 Å². The number of carbonyl (C=O) groups excluding carboxylic acids is 1. The Balaban J connectivity index is 1.21. The van der Waals surface area contributed by atoms with Crippen molar-refractivity contribution < 1.29 is 19.4 Å². The van der Waals surface area contributed by atoms with Crippen LogP contribution in [-0.2, 0) is 21.4 Å². The maximum atomic E-state index is 13.1. The van der Waals surface area contributed by atoms with Gasteiger partial charge in [0, 0.05) is 59.6 Å². The number of amides is 1. The van der Waals surface area contributed by atoms with Crippen LogP contribution >= 0.6 is 11.3 Å². The van der Waals surface area contributed by atoms with Gasteiger partial charge in [0.2, 0.25) is 5.88 Å². The molecule has 6 N–H and O–H groups in total. The monoisotopic (exact) mass is 711 g/mol. The third kappa shape index (κ3) is 6.54. The molecular formula is C37H45N9O4S. The summed E-state index contributed by atoms with van der Waals surface area (Å²) in [6, 6.07) is 4.15. The van der Waals surface area contributed by atoms with Gasteiger partial charge in [0.15, 0.2) is 5.82 Å². The van der Waals surface area contributed by atoms with Crippen molar-refractivity contribution in [1.29, 1.82) is 16.1 Å². The number of rotatable bonds is 9. The number of hydrogen-bond donors (Lipinski definition) is 5. The van der Waals surface area contributed by atoms with Gasteiger partial charge in [0.25, 0.3) is 5.91 Å². The third-order valence-corrected chi connectivity index (χ3v) is 12.2. The zero-order valence-electron chi connectivity index (χ0n) is 29.1. The summed E-state index contributed by atoms with van der Waals surface area (Å²) >= 11 is 1.42.